The zero-order valence-electron chi connectivity index (χ0n) is 6.26. The number of aliphatic hydroxyl groups is 2. The maximum Gasteiger partial charge on any atom is 0.210 e. The van der Waals surface area contributed by atoms with Gasteiger partial charge in [0.1, 0.15) is 0 Å². The van der Waals surface area contributed by atoms with Gasteiger partial charge in [-0.2, -0.15) is 0 Å². The van der Waals surface area contributed by atoms with E-state index in [2.05, 4.69) is 5.11 Å². The first-order valence-electron chi connectivity index (χ1n) is 3.48. The van der Waals surface area contributed by atoms with Crippen molar-refractivity contribution < 1.29 is 10.2 Å². The summed E-state index contributed by atoms with van der Waals surface area (Å²) in [6.45, 7) is 2.16. The molecule has 0 aliphatic heterocycles. The molecule has 0 unspecified atom stereocenters. The molecule has 1 atom stereocenters. The summed E-state index contributed by atoms with van der Waals surface area (Å²) in [6, 6.07) is 0. The molecule has 0 saturated carbocycles. The van der Waals surface area contributed by atoms with Gasteiger partial charge in [-0.25, -0.2) is 0 Å². The first kappa shape index (κ1) is 6.05. The van der Waals surface area contributed by atoms with Crippen LogP contribution in [0.2, 0.25) is 0 Å². The third-order valence-corrected chi connectivity index (χ3v) is 1.14. The highest BCUT2D eigenvalue weighted by Crippen LogP contribution is 1.98. The van der Waals surface area contributed by atoms with Crippen molar-refractivity contribution in [3.8, 4) is 0 Å². The van der Waals surface area contributed by atoms with Gasteiger partial charge in [-0.1, -0.05) is 6.92 Å². The first-order chi connectivity index (χ1) is 4.35. The molecule has 0 aromatic carbocycles. The second kappa shape index (κ2) is 5.06. The van der Waals surface area contributed by atoms with E-state index in [1.165, 1.54) is 0 Å². The van der Waals surface area contributed by atoms with E-state index in [1.807, 2.05) is 6.92 Å². The predicted octanol–water partition coefficient (Wildman–Crippen LogP) is 0.530. The molecule has 0 aliphatic rings. The van der Waals surface area contributed by atoms with E-state index in [1.54, 1.807) is 0 Å². The van der Waals surface area contributed by atoms with E-state index in [4.69, 9.17) is 6.54 Å². The molecule has 8 heavy (non-hydrogen) atoms. The molecule has 0 fully saturated rings. The summed E-state index contributed by atoms with van der Waals surface area (Å²) in [5.74, 6) is 0. The molecule has 0 radical (unpaired) electrons. The van der Waals surface area contributed by atoms with Gasteiger partial charge in [0.25, 0.3) is 0 Å². The van der Waals surface area contributed by atoms with Crippen molar-refractivity contribution in [3.05, 3.63) is 0 Å². The number of rotatable bonds is 5. The number of aliphatic hydroxyl groups excluding tert-OH is 2. The van der Waals surface area contributed by atoms with E-state index >= 15 is 0 Å². The van der Waals surface area contributed by atoms with Crippen LogP contribution in [0.4, 0.5) is 0 Å². The Kier molecular flexibility index (Phi) is 3.83. The molecule has 2 nitrogen and oxygen atoms in total. The minimum absolute atomic E-state index is 0.0112. The Morgan fingerprint density at radius 1 is 1.75 bits per heavy atom. The Hall–Kier alpha value is -0.0800. The maximum atomic E-state index is 8.39. The summed E-state index contributed by atoms with van der Waals surface area (Å²) < 4.78 is 6.56. The molecule has 0 aromatic rings. The van der Waals surface area contributed by atoms with Crippen LogP contribution in [-0.4, -0.2) is 24.4 Å². The molecule has 2 N–H and O–H groups in total. The van der Waals surface area contributed by atoms with E-state index < -0.39 is 0 Å². The minimum Gasteiger partial charge on any atom is -0.396 e. The second-order valence-electron chi connectivity index (χ2n) is 1.90. The average Bonchev–Trinajstić information content (AvgIpc) is 1.91. The summed E-state index contributed by atoms with van der Waals surface area (Å²) >= 11 is 0. The zero-order chi connectivity index (χ0) is 7.11. The van der Waals surface area contributed by atoms with Crippen molar-refractivity contribution in [2.75, 3.05) is 6.61 Å². The minimum atomic E-state index is 0.0112. The summed E-state index contributed by atoms with van der Waals surface area (Å²) in [5.41, 5.74) is 0. The van der Waals surface area contributed by atoms with E-state index in [-0.39, 0.29) is 12.7 Å². The predicted molar refractivity (Wildman–Crippen MR) is 32.6 cm³/mol. The zero-order valence-corrected chi connectivity index (χ0v) is 5.26. The molecule has 0 aliphatic carbocycles. The lowest BCUT2D eigenvalue weighted by Crippen LogP contribution is -2.04. The van der Waals surface area contributed by atoms with Crippen LogP contribution in [0.1, 0.15) is 26.2 Å². The Labute approximate surface area is 51.6 Å². The fourth-order valence-electron chi connectivity index (χ4n) is 0.523. The smallest absolute Gasteiger partial charge is 0.210 e. The van der Waals surface area contributed by atoms with Crippen LogP contribution in [0.5, 0.6) is 0 Å². The third-order valence-electron chi connectivity index (χ3n) is 1.14. The van der Waals surface area contributed by atoms with Gasteiger partial charge in [0.2, 0.25) is 1.43 Å². The van der Waals surface area contributed by atoms with Crippen molar-refractivity contribution in [2.24, 2.45) is 0 Å². The van der Waals surface area contributed by atoms with Crippen molar-refractivity contribution in [1.82, 2.24) is 0 Å². The largest absolute Gasteiger partial charge is 0.396 e. The van der Waals surface area contributed by atoms with Gasteiger partial charge in [0, 0.05) is 6.61 Å². The molecule has 0 saturated heterocycles. The van der Waals surface area contributed by atoms with Crippen molar-refractivity contribution >= 4 is 0 Å². The molecule has 0 amide bonds. The van der Waals surface area contributed by atoms with Crippen LogP contribution in [0.3, 0.4) is 0 Å². The van der Waals surface area contributed by atoms with Gasteiger partial charge in [-0.05, 0) is 19.3 Å². The summed E-state index contributed by atoms with van der Waals surface area (Å²) in [5, 5.41) is 12.7. The standard InChI is InChI=1S/C6H14O2/c1-2-6(8)4-3-5-7/h6-8H,2-5H2,1H3/t6-/m0/s1/i8T. The monoisotopic (exact) mass is 120 g/mol. The quantitative estimate of drug-likeness (QED) is 0.555. The van der Waals surface area contributed by atoms with Gasteiger partial charge in [0.05, 0.1) is 6.10 Å². The van der Waals surface area contributed by atoms with Gasteiger partial charge in [-0.3, -0.25) is 0 Å². The SMILES string of the molecule is [3H]O[C@@H](CC)CCCO. The normalized spacial score (nSPS) is 15.5. The van der Waals surface area contributed by atoms with E-state index in [0.29, 0.717) is 0 Å². The average molecular weight is 120 g/mol. The molecule has 0 rings (SSSR count). The third kappa shape index (κ3) is 4.09. The molecule has 0 aromatic heterocycles. The van der Waals surface area contributed by atoms with Crippen LogP contribution in [0.25, 0.3) is 0 Å². The highest BCUT2D eigenvalue weighted by atomic mass is 16.3. The van der Waals surface area contributed by atoms with Gasteiger partial charge < -0.3 is 10.2 Å². The fourth-order valence-corrected chi connectivity index (χ4v) is 0.523. The molecular weight excluding hydrogens is 104 g/mol. The summed E-state index contributed by atoms with van der Waals surface area (Å²) in [6.07, 6.45) is 2.38. The molecule has 0 heterocycles. The Balaban J connectivity index is 3.09. The van der Waals surface area contributed by atoms with Crippen LogP contribution in [-0.2, 0) is 0 Å². The van der Waals surface area contributed by atoms with Gasteiger partial charge in [0.15, 0.2) is 0 Å². The van der Waals surface area contributed by atoms with E-state index in [9.17, 15) is 0 Å². The summed E-state index contributed by atoms with van der Waals surface area (Å²) in [4.78, 5) is 0. The second-order valence-corrected chi connectivity index (χ2v) is 1.90. The van der Waals surface area contributed by atoms with Crippen molar-refractivity contribution in [2.45, 2.75) is 32.3 Å². The van der Waals surface area contributed by atoms with Crippen molar-refractivity contribution in [3.63, 3.8) is 0 Å². The molecule has 0 bridgehead atoms. The Bertz CT molecular complexity index is 55.0. The van der Waals surface area contributed by atoms with Crippen molar-refractivity contribution in [1.29, 1.82) is 1.43 Å². The summed E-state index contributed by atoms with van der Waals surface area (Å²) in [7, 11) is 0. The maximum absolute atomic E-state index is 8.39. The van der Waals surface area contributed by atoms with E-state index in [0.717, 1.165) is 19.3 Å². The first-order valence-corrected chi connectivity index (χ1v) is 3.08. The van der Waals surface area contributed by atoms with Crippen LogP contribution >= 0.6 is 0 Å². The Morgan fingerprint density at radius 3 is 2.88 bits per heavy atom. The Morgan fingerprint density at radius 2 is 2.50 bits per heavy atom. The number of hydrogen-bond donors (Lipinski definition) is 2. The lowest BCUT2D eigenvalue weighted by Gasteiger charge is -2.03. The highest BCUT2D eigenvalue weighted by Gasteiger charge is 1.96. The topological polar surface area (TPSA) is 40.5 Å². The molecule has 0 spiro atoms. The van der Waals surface area contributed by atoms with Gasteiger partial charge >= 0.3 is 0 Å². The lowest BCUT2D eigenvalue weighted by atomic mass is 10.2. The fraction of sp³-hybridized carbons (Fsp3) is 1.00. The lowest BCUT2D eigenvalue weighted by molar-refractivity contribution is 0.146. The molecule has 50 valence electrons. The molecule has 2 heteroatoms. The van der Waals surface area contributed by atoms with Crippen LogP contribution < -0.4 is 0 Å². The van der Waals surface area contributed by atoms with Crippen LogP contribution in [0, 0.1) is 0 Å². The number of hydrogen-bond acceptors (Lipinski definition) is 2. The highest BCUT2D eigenvalue weighted by molar-refractivity contribution is 4.50. The van der Waals surface area contributed by atoms with Gasteiger partial charge in [-0.15, -0.1) is 0 Å². The molecular formula is C6H14O2. The van der Waals surface area contributed by atoms with Crippen LogP contribution in [0.15, 0.2) is 0 Å².